The van der Waals surface area contributed by atoms with Gasteiger partial charge in [-0.3, -0.25) is 19.2 Å². The quantitative estimate of drug-likeness (QED) is 0.0271. The van der Waals surface area contributed by atoms with Gasteiger partial charge in [-0.15, -0.1) is 0 Å². The van der Waals surface area contributed by atoms with Gasteiger partial charge in [0.1, 0.15) is 238 Å². The van der Waals surface area contributed by atoms with Gasteiger partial charge in [-0.05, 0) is 5.92 Å². The van der Waals surface area contributed by atoms with Crippen molar-refractivity contribution in [3.05, 3.63) is 0 Å². The van der Waals surface area contributed by atoms with Crippen LogP contribution in [0.2, 0.25) is 0 Å². The summed E-state index contributed by atoms with van der Waals surface area (Å²) >= 11 is 0. The molecule has 11 aliphatic heterocycles. The summed E-state index contributed by atoms with van der Waals surface area (Å²) in [7, 11) is 0. The number of carbonyl (C=O) groups excluding carboxylic acids is 4. The van der Waals surface area contributed by atoms with Gasteiger partial charge in [0, 0.05) is 52.4 Å². The molecule has 0 aromatic rings. The largest absolute Gasteiger partial charge is 0.394 e. The van der Waals surface area contributed by atoms with Gasteiger partial charge in [0.25, 0.3) is 0 Å². The lowest BCUT2D eigenvalue weighted by Gasteiger charge is -2.51. The van der Waals surface area contributed by atoms with Crippen LogP contribution in [-0.4, -0.2) is 587 Å². The molecule has 11 heterocycles. The lowest BCUT2D eigenvalue weighted by Crippen LogP contribution is -2.71. The van der Waals surface area contributed by atoms with Gasteiger partial charge >= 0.3 is 0 Å². The van der Waals surface area contributed by atoms with Gasteiger partial charge < -0.3 is 274 Å². The Hall–Kier alpha value is -4.16. The van der Waals surface area contributed by atoms with Crippen LogP contribution in [0.4, 0.5) is 0 Å². The molecule has 0 aromatic heterocycles. The van der Waals surface area contributed by atoms with Crippen LogP contribution in [0.15, 0.2) is 0 Å². The molecule has 0 bridgehead atoms. The number of aliphatic hydroxyl groups is 30. The predicted molar refractivity (Wildman–Crippen MR) is 449 cm³/mol. The maximum atomic E-state index is 13.3. The van der Waals surface area contributed by atoms with Crippen LogP contribution in [0, 0.1) is 17.8 Å². The number of rotatable bonds is 40. The average molecular weight is 2080 g/mol. The Kier molecular flexibility index (Phi) is 43.4. The lowest BCUT2D eigenvalue weighted by atomic mass is 9.87. The zero-order valence-electron chi connectivity index (χ0n) is 78.3. The van der Waals surface area contributed by atoms with E-state index >= 15 is 0 Å². The van der Waals surface area contributed by atoms with Crippen LogP contribution < -0.4 is 21.3 Å². The van der Waals surface area contributed by atoms with E-state index in [-0.39, 0.29) is 0 Å². The van der Waals surface area contributed by atoms with E-state index < -0.39 is 464 Å². The summed E-state index contributed by atoms with van der Waals surface area (Å²) in [5, 5.41) is 349. The van der Waals surface area contributed by atoms with Crippen molar-refractivity contribution in [3.8, 4) is 0 Å². The number of hydrogen-bond acceptors (Lipinski definition) is 55. The molecule has 11 rings (SSSR count). The van der Waals surface area contributed by atoms with Crippen molar-refractivity contribution in [2.45, 2.75) is 406 Å². The van der Waals surface area contributed by atoms with Crippen LogP contribution >= 0.6 is 0 Å². The van der Waals surface area contributed by atoms with E-state index in [0.29, 0.717) is 0 Å². The first-order valence-electron chi connectivity index (χ1n) is 46.7. The fraction of sp³-hybridized carbons (Fsp3) is 0.952. The molecule has 11 aliphatic rings. The van der Waals surface area contributed by atoms with Gasteiger partial charge in [0.05, 0.1) is 109 Å². The Morgan fingerprint density at radius 3 is 0.866 bits per heavy atom. The zero-order chi connectivity index (χ0) is 105. The molecule has 0 aliphatic carbocycles. The van der Waals surface area contributed by atoms with Crippen molar-refractivity contribution >= 4 is 23.6 Å². The SMILES string of the molecule is CC(=O)NC1[C@H](O[C@@H]2C(CO)O[C@@H](C(C)C)C(NC(C)=O)[C@H]2O)OC(CO)C(O[C@@H]2OC(CO[C@H]3OC(CO)[C@@H](O)[C@H](O)C3O[C@@H]3OC(CO)[C@@H](O[C@@H]4OC(CO)[C@H](O)[C@H](O[C@@H]5C[C@@H](O)[C@@H](C)C([C@H](O)[C@H](O)CO)O5)C4O)[C@H](O)C3NC(C)=O)[C@@H](O)[C@H](O[C@H]3O[C@@H](CO)[C@@H](O)C(O)C3O[C@@H]3OC(CO)[C@@H](O[C@@H]4OC(CO)[C@H](O)[C@H](O[C@@H]5C[C@@H](O)[C@@H](C)C([C@H](O)[C@H](O)CO)O5)C4O)[C@H](O)C3NC(C)=O)C2O)[C@@H]1O. The number of ether oxygens (including phenoxy) is 21. The number of nitrogens with one attached hydrogen (secondary N) is 4. The molecule has 11 fully saturated rings. The highest BCUT2D eigenvalue weighted by molar-refractivity contribution is 5.74. The fourth-order valence-corrected chi connectivity index (χ4v) is 19.3. The van der Waals surface area contributed by atoms with Crippen molar-refractivity contribution < 1.29 is 272 Å². The molecular formula is C83H142N4O55. The maximum absolute atomic E-state index is 13.3. The molecule has 4 amide bonds. The summed E-state index contributed by atoms with van der Waals surface area (Å²) in [6, 6.07) is -7.24. The van der Waals surface area contributed by atoms with Crippen LogP contribution in [0.5, 0.6) is 0 Å². The minimum atomic E-state index is -2.63. The summed E-state index contributed by atoms with van der Waals surface area (Å²) in [6.07, 6.45) is -103. The molecule has 34 N–H and O–H groups in total. The van der Waals surface area contributed by atoms with Gasteiger partial charge in [0.15, 0.2) is 62.9 Å². The molecule has 0 spiro atoms. The van der Waals surface area contributed by atoms with Crippen LogP contribution in [-0.2, 0) is 119 Å². The van der Waals surface area contributed by atoms with Gasteiger partial charge in [-0.1, -0.05) is 27.7 Å². The van der Waals surface area contributed by atoms with E-state index in [1.54, 1.807) is 13.8 Å². The van der Waals surface area contributed by atoms with Crippen LogP contribution in [0.25, 0.3) is 0 Å². The van der Waals surface area contributed by atoms with Crippen molar-refractivity contribution in [2.75, 3.05) is 72.7 Å². The molecular weight excluding hydrogens is 1930 g/mol. The highest BCUT2D eigenvalue weighted by Crippen LogP contribution is 2.43. The summed E-state index contributed by atoms with van der Waals surface area (Å²) < 4.78 is 128. The fourth-order valence-electron chi connectivity index (χ4n) is 19.3. The first kappa shape index (κ1) is 118. The number of hydrogen-bond donors (Lipinski definition) is 34. The molecule has 59 heteroatoms. The zero-order valence-corrected chi connectivity index (χ0v) is 78.3. The van der Waals surface area contributed by atoms with E-state index in [4.69, 9.17) is 99.5 Å². The van der Waals surface area contributed by atoms with Crippen molar-refractivity contribution in [1.82, 2.24) is 21.3 Å². The number of amides is 4. The van der Waals surface area contributed by atoms with Crippen LogP contribution in [0.3, 0.4) is 0 Å². The minimum Gasteiger partial charge on any atom is -0.394 e. The Balaban J connectivity index is 0.898. The Labute approximate surface area is 810 Å². The third-order valence-corrected chi connectivity index (χ3v) is 27.2. The van der Waals surface area contributed by atoms with E-state index in [2.05, 4.69) is 21.3 Å². The second-order valence-electron chi connectivity index (χ2n) is 37.6. The molecule has 0 radical (unpaired) electrons. The molecule has 0 saturated carbocycles. The summed E-state index contributed by atoms with van der Waals surface area (Å²) in [5.74, 6) is -5.85. The predicted octanol–water partition coefficient (Wildman–Crippen LogP) is -20.6. The van der Waals surface area contributed by atoms with Crippen molar-refractivity contribution in [1.29, 1.82) is 0 Å². The lowest BCUT2D eigenvalue weighted by molar-refractivity contribution is -0.399. The van der Waals surface area contributed by atoms with E-state index in [1.807, 2.05) is 0 Å². The Morgan fingerprint density at radius 2 is 0.535 bits per heavy atom. The summed E-state index contributed by atoms with van der Waals surface area (Å²) in [5.41, 5.74) is 0. The smallest absolute Gasteiger partial charge is 0.217 e. The number of aliphatic hydroxyl groups excluding tert-OH is 30. The Bertz CT molecular complexity index is 3860. The molecule has 0 aromatic carbocycles. The molecule has 21 unspecified atom stereocenters. The van der Waals surface area contributed by atoms with E-state index in [9.17, 15) is 172 Å². The molecule has 57 atom stereocenters. The van der Waals surface area contributed by atoms with Crippen molar-refractivity contribution in [3.63, 3.8) is 0 Å². The molecule has 824 valence electrons. The third-order valence-electron chi connectivity index (χ3n) is 27.2. The topological polar surface area (TPSA) is 917 Å². The van der Waals surface area contributed by atoms with Gasteiger partial charge in [0.2, 0.25) is 23.6 Å². The maximum Gasteiger partial charge on any atom is 0.217 e. The van der Waals surface area contributed by atoms with E-state index in [0.717, 1.165) is 27.7 Å². The van der Waals surface area contributed by atoms with E-state index in [1.165, 1.54) is 13.8 Å². The second-order valence-corrected chi connectivity index (χ2v) is 37.6. The summed E-state index contributed by atoms with van der Waals surface area (Å²) in [6.45, 7) is -2.00. The molecule has 142 heavy (non-hydrogen) atoms. The number of carbonyl (C=O) groups is 4. The minimum absolute atomic E-state index is 0.399. The first-order chi connectivity index (χ1) is 67.2. The molecule has 59 nitrogen and oxygen atoms in total. The normalized spacial score (nSPS) is 47.6. The highest BCUT2D eigenvalue weighted by atomic mass is 16.8. The Morgan fingerprint density at radius 1 is 0.275 bits per heavy atom. The standard InChI is InChI=1S/C83H142N4O55/c1-22(2)64-44(84-25(5)98)55(113)67(37(17-94)123-64)136-76-45(85-26(6)99)56(114)70(38(18-95)128-76)139-81-63(121)73(140-83-75(60(118)51(109)34(14-91)127-83)142-78-47(87-28(8)101)58(116)69(40(20-97)130-78)138-80-62(120)72(53(111)36(16-93)125-80)135-43-10-30(103)24(4)66(133-43)49(107)32(105)12-89)54(112)41(131-81)21-122-82-74(59(117)50(108)33(13-90)126-82)141-77-46(86-27(7)100)57(115)68(39(19-96)129-77)137-79-61(119)71(52(110)35(15-92)124-79)134-42-9-29(102)23(3)65(132-42)48(106)31(104)11-88/h22-24,29-83,88-97,102-121H,9-21H2,1-8H3,(H,84,98)(H,85,99)(H,86,100)(H,87,101)/t23-,24-,29-,30-,31-,32-,33?,34+,35?,36?,37?,38?,39?,40?,41?,42-,43-,44?,45?,46?,47?,48-,49-,50-,51-,52+,53+,54-,55-,56-,57-,58-,59+,60?,61?,62?,63?,64+,65?,66?,67-,68-,69-,70?,71+,72+,73+,74?,75?,76+,77+,78+,79+,80+,81+,82+,83-/m1/s1. The first-order valence-corrected chi connectivity index (χ1v) is 46.7. The van der Waals surface area contributed by atoms with Gasteiger partial charge in [-0.25, -0.2) is 0 Å². The average Bonchev–Trinajstić information content (AvgIpc) is 0.771. The summed E-state index contributed by atoms with van der Waals surface area (Å²) in [4.78, 5) is 52.4. The van der Waals surface area contributed by atoms with Gasteiger partial charge in [-0.2, -0.15) is 0 Å². The third kappa shape index (κ3) is 26.6. The monoisotopic (exact) mass is 2070 g/mol. The second kappa shape index (κ2) is 52.2. The van der Waals surface area contributed by atoms with Crippen molar-refractivity contribution in [2.24, 2.45) is 17.8 Å². The highest BCUT2D eigenvalue weighted by Gasteiger charge is 2.63. The molecule has 11 saturated heterocycles. The van der Waals surface area contributed by atoms with Crippen LogP contribution in [0.1, 0.15) is 68.2 Å².